The number of sulfonamides is 1. The molecule has 0 bridgehead atoms. The van der Waals surface area contributed by atoms with Crippen LogP contribution in [0.3, 0.4) is 0 Å². The molecule has 106 valence electrons. The number of nitrogens with one attached hydrogen (secondary N) is 2. The lowest BCUT2D eigenvalue weighted by Crippen LogP contribution is -2.24. The van der Waals surface area contributed by atoms with Crippen molar-refractivity contribution in [1.82, 2.24) is 9.71 Å². The van der Waals surface area contributed by atoms with Gasteiger partial charge in [0.05, 0.1) is 16.2 Å². The maximum Gasteiger partial charge on any atom is 0.312 e. The summed E-state index contributed by atoms with van der Waals surface area (Å²) < 4.78 is 23.9. The van der Waals surface area contributed by atoms with Gasteiger partial charge in [0.15, 0.2) is 0 Å². The first-order valence-corrected chi connectivity index (χ1v) is 7.55. The highest BCUT2D eigenvalue weighted by atomic mass is 35.5. The van der Waals surface area contributed by atoms with Crippen LogP contribution in [0.2, 0.25) is 5.02 Å². The molecule has 0 unspecified atom stereocenters. The van der Waals surface area contributed by atoms with Crippen molar-refractivity contribution in [2.24, 2.45) is 0 Å². The summed E-state index contributed by atoms with van der Waals surface area (Å²) in [7, 11) is -3.22. The zero-order valence-electron chi connectivity index (χ0n) is 10.1. The van der Waals surface area contributed by atoms with Crippen molar-refractivity contribution in [2.75, 3.05) is 24.7 Å². The molecule has 0 radical (unpaired) electrons. The lowest BCUT2D eigenvalue weighted by molar-refractivity contribution is -0.384. The molecule has 1 aromatic heterocycles. The smallest absolute Gasteiger partial charge is 0.312 e. The quantitative estimate of drug-likeness (QED) is 0.441. The average molecular weight is 309 g/mol. The number of nitro groups is 1. The van der Waals surface area contributed by atoms with Gasteiger partial charge in [-0.25, -0.2) is 18.1 Å². The molecule has 0 amide bonds. The highest BCUT2D eigenvalue weighted by molar-refractivity contribution is 7.88. The fourth-order valence-corrected chi connectivity index (χ4v) is 1.92. The van der Waals surface area contributed by atoms with Gasteiger partial charge in [0, 0.05) is 25.4 Å². The zero-order chi connectivity index (χ0) is 14.5. The minimum atomic E-state index is -3.22. The minimum Gasteiger partial charge on any atom is -0.364 e. The van der Waals surface area contributed by atoms with Gasteiger partial charge in [0.25, 0.3) is 0 Å². The molecule has 0 aliphatic carbocycles. The Kier molecular flexibility index (Phi) is 5.45. The Hall–Kier alpha value is -1.45. The van der Waals surface area contributed by atoms with E-state index in [1.807, 2.05) is 0 Å². The van der Waals surface area contributed by atoms with Gasteiger partial charge in [0.1, 0.15) is 0 Å². The first kappa shape index (κ1) is 15.6. The summed E-state index contributed by atoms with van der Waals surface area (Å²) in [5.41, 5.74) is -0.219. The lowest BCUT2D eigenvalue weighted by atomic mass is 10.3. The molecule has 0 atom stereocenters. The average Bonchev–Trinajstić information content (AvgIpc) is 2.28. The molecule has 1 heterocycles. The van der Waals surface area contributed by atoms with Gasteiger partial charge in [-0.05, 0) is 6.42 Å². The number of pyridine rings is 1. The third-order valence-corrected chi connectivity index (χ3v) is 2.98. The maximum atomic E-state index is 10.8. The Labute approximate surface area is 115 Å². The molecular formula is C9H13ClN4O4S. The van der Waals surface area contributed by atoms with Crippen LogP contribution in [0, 0.1) is 10.1 Å². The number of hydrogen-bond acceptors (Lipinski definition) is 6. The first-order chi connectivity index (χ1) is 8.79. The van der Waals surface area contributed by atoms with Crippen molar-refractivity contribution >= 4 is 33.1 Å². The van der Waals surface area contributed by atoms with Crippen molar-refractivity contribution < 1.29 is 13.3 Å². The molecule has 0 aromatic carbocycles. The van der Waals surface area contributed by atoms with Crippen LogP contribution in [0.1, 0.15) is 6.42 Å². The fourth-order valence-electron chi connectivity index (χ4n) is 1.26. The van der Waals surface area contributed by atoms with Gasteiger partial charge in [-0.1, -0.05) is 11.6 Å². The van der Waals surface area contributed by atoms with Gasteiger partial charge < -0.3 is 5.32 Å². The van der Waals surface area contributed by atoms with Crippen LogP contribution in [0.4, 0.5) is 11.5 Å². The van der Waals surface area contributed by atoms with Crippen LogP contribution in [0.25, 0.3) is 0 Å². The summed E-state index contributed by atoms with van der Waals surface area (Å²) in [4.78, 5) is 14.0. The Bertz CT molecular complexity index is 563. The molecule has 0 saturated carbocycles. The summed E-state index contributed by atoms with van der Waals surface area (Å²) in [6.45, 7) is 0.589. The van der Waals surface area contributed by atoms with Gasteiger partial charge in [-0.15, -0.1) is 0 Å². The van der Waals surface area contributed by atoms with E-state index in [1.165, 1.54) is 12.3 Å². The second-order valence-corrected chi connectivity index (χ2v) is 5.99. The molecule has 2 N–H and O–H groups in total. The fraction of sp³-hybridized carbons (Fsp3) is 0.444. The monoisotopic (exact) mass is 308 g/mol. The summed E-state index contributed by atoms with van der Waals surface area (Å²) in [6, 6.07) is 1.20. The van der Waals surface area contributed by atoms with E-state index in [0.29, 0.717) is 13.0 Å². The number of nitrogens with zero attached hydrogens (tertiary/aromatic N) is 2. The van der Waals surface area contributed by atoms with Crippen molar-refractivity contribution in [3.05, 3.63) is 27.4 Å². The van der Waals surface area contributed by atoms with Crippen molar-refractivity contribution in [2.45, 2.75) is 6.42 Å². The zero-order valence-corrected chi connectivity index (χ0v) is 11.7. The Morgan fingerprint density at radius 3 is 2.74 bits per heavy atom. The molecule has 8 nitrogen and oxygen atoms in total. The molecule has 10 heteroatoms. The molecule has 0 saturated heterocycles. The summed E-state index contributed by atoms with van der Waals surface area (Å²) in [6.07, 6.45) is 2.83. The van der Waals surface area contributed by atoms with E-state index in [4.69, 9.17) is 11.6 Å². The predicted octanol–water partition coefficient (Wildman–Crippen LogP) is 0.994. The number of anilines is 1. The topological polar surface area (TPSA) is 114 Å². The summed E-state index contributed by atoms with van der Waals surface area (Å²) in [5, 5.41) is 13.7. The number of halogens is 1. The Balaban J connectivity index is 2.52. The molecule has 19 heavy (non-hydrogen) atoms. The lowest BCUT2D eigenvalue weighted by Gasteiger charge is -2.06. The van der Waals surface area contributed by atoms with Crippen LogP contribution in [-0.4, -0.2) is 37.7 Å². The van der Waals surface area contributed by atoms with Crippen LogP contribution in [0.15, 0.2) is 12.3 Å². The normalized spacial score (nSPS) is 11.3. The van der Waals surface area contributed by atoms with Gasteiger partial charge in [0.2, 0.25) is 15.8 Å². The second-order valence-electron chi connectivity index (χ2n) is 3.73. The maximum absolute atomic E-state index is 10.8. The van der Waals surface area contributed by atoms with E-state index in [0.717, 1.165) is 6.26 Å². The van der Waals surface area contributed by atoms with E-state index >= 15 is 0 Å². The number of aromatic nitrogens is 1. The van der Waals surface area contributed by atoms with E-state index in [2.05, 4.69) is 15.0 Å². The molecule has 1 rings (SSSR count). The molecule has 0 aliphatic heterocycles. The first-order valence-electron chi connectivity index (χ1n) is 5.28. The van der Waals surface area contributed by atoms with Crippen molar-refractivity contribution in [3.8, 4) is 0 Å². The Morgan fingerprint density at radius 1 is 1.47 bits per heavy atom. The SMILES string of the molecule is CS(=O)(=O)NCCCNc1ncc(Cl)cc1[N+](=O)[O-]. The van der Waals surface area contributed by atoms with E-state index < -0.39 is 14.9 Å². The van der Waals surface area contributed by atoms with Crippen LogP contribution in [-0.2, 0) is 10.0 Å². The molecular weight excluding hydrogens is 296 g/mol. The highest BCUT2D eigenvalue weighted by Gasteiger charge is 2.15. The minimum absolute atomic E-state index is 0.105. The third kappa shape index (κ3) is 5.81. The van der Waals surface area contributed by atoms with E-state index in [-0.39, 0.29) is 23.1 Å². The van der Waals surface area contributed by atoms with Crippen LogP contribution in [0.5, 0.6) is 0 Å². The second kappa shape index (κ2) is 6.64. The van der Waals surface area contributed by atoms with Gasteiger partial charge >= 0.3 is 5.69 Å². The predicted molar refractivity (Wildman–Crippen MR) is 71.9 cm³/mol. The van der Waals surface area contributed by atoms with Crippen LogP contribution >= 0.6 is 11.6 Å². The van der Waals surface area contributed by atoms with E-state index in [9.17, 15) is 18.5 Å². The summed E-state index contributed by atoms with van der Waals surface area (Å²) in [5.74, 6) is 0.105. The van der Waals surface area contributed by atoms with E-state index in [1.54, 1.807) is 0 Å². The van der Waals surface area contributed by atoms with Crippen LogP contribution < -0.4 is 10.0 Å². The molecule has 0 aliphatic rings. The molecule has 0 fully saturated rings. The Morgan fingerprint density at radius 2 is 2.16 bits per heavy atom. The van der Waals surface area contributed by atoms with Crippen molar-refractivity contribution in [1.29, 1.82) is 0 Å². The number of rotatable bonds is 7. The molecule has 0 spiro atoms. The summed E-state index contributed by atoms with van der Waals surface area (Å²) >= 11 is 5.62. The third-order valence-electron chi connectivity index (χ3n) is 2.04. The van der Waals surface area contributed by atoms with Gasteiger partial charge in [-0.2, -0.15) is 0 Å². The largest absolute Gasteiger partial charge is 0.364 e. The number of hydrogen-bond donors (Lipinski definition) is 2. The highest BCUT2D eigenvalue weighted by Crippen LogP contribution is 2.24. The van der Waals surface area contributed by atoms with Crippen molar-refractivity contribution in [3.63, 3.8) is 0 Å². The standard InChI is InChI=1S/C9H13ClN4O4S/c1-19(17,18)13-4-2-3-11-9-8(14(15)16)5-7(10)6-12-9/h5-6,13H,2-4H2,1H3,(H,11,12). The van der Waals surface area contributed by atoms with Gasteiger partial charge in [-0.3, -0.25) is 10.1 Å². The molecule has 1 aromatic rings.